The molecule has 152 valence electrons. The van der Waals surface area contributed by atoms with Crippen LogP contribution in [0, 0.1) is 29.6 Å². The van der Waals surface area contributed by atoms with Crippen LogP contribution in [-0.4, -0.2) is 0 Å². The van der Waals surface area contributed by atoms with E-state index in [1.807, 2.05) is 6.08 Å². The summed E-state index contributed by atoms with van der Waals surface area (Å²) in [6, 6.07) is 7.31. The second-order valence-corrected chi connectivity index (χ2v) is 9.70. The van der Waals surface area contributed by atoms with Crippen molar-refractivity contribution < 1.29 is 4.39 Å². The summed E-state index contributed by atoms with van der Waals surface area (Å²) >= 11 is 0. The first kappa shape index (κ1) is 19.9. The fraction of sp³-hybridized carbons (Fsp3) is 0.630. The minimum atomic E-state index is 0.506. The number of aryl methyl sites for hydroxylation is 2. The lowest BCUT2D eigenvalue weighted by atomic mass is 9.61. The number of hydrogen-bond acceptors (Lipinski definition) is 0. The van der Waals surface area contributed by atoms with Crippen LogP contribution in [-0.2, 0) is 19.3 Å². The summed E-state index contributed by atoms with van der Waals surface area (Å²) in [6.07, 6.45) is 21.3. The van der Waals surface area contributed by atoms with Crippen molar-refractivity contribution in [3.8, 4) is 0 Å². The van der Waals surface area contributed by atoms with E-state index in [0.29, 0.717) is 5.92 Å². The van der Waals surface area contributed by atoms with Gasteiger partial charge in [0.1, 0.15) is 0 Å². The summed E-state index contributed by atoms with van der Waals surface area (Å²) in [6.45, 7) is 2.10. The molecule has 0 radical (unpaired) electrons. The van der Waals surface area contributed by atoms with E-state index in [1.54, 1.807) is 11.1 Å². The lowest BCUT2D eigenvalue weighted by Gasteiger charge is -2.44. The van der Waals surface area contributed by atoms with Crippen molar-refractivity contribution in [3.05, 3.63) is 59.4 Å². The van der Waals surface area contributed by atoms with Gasteiger partial charge in [-0.3, -0.25) is 0 Å². The highest BCUT2D eigenvalue weighted by atomic mass is 19.1. The molecule has 3 aliphatic carbocycles. The number of benzene rings is 1. The van der Waals surface area contributed by atoms with E-state index in [-0.39, 0.29) is 0 Å². The Bertz CT molecular complexity index is 700. The SMILES string of the molecule is C/C=C/CCc1ccc2c(c1)CCC(C1CCC3C[C@H](C=CF)CC[C@@H]3C1)C2. The Labute approximate surface area is 171 Å². The molecule has 0 aliphatic heterocycles. The molecule has 1 aromatic rings. The molecule has 0 bridgehead atoms. The van der Waals surface area contributed by atoms with Crippen molar-refractivity contribution >= 4 is 0 Å². The van der Waals surface area contributed by atoms with Gasteiger partial charge in [-0.05, 0) is 124 Å². The Balaban J connectivity index is 1.34. The zero-order valence-corrected chi connectivity index (χ0v) is 17.6. The van der Waals surface area contributed by atoms with Crippen LogP contribution >= 0.6 is 0 Å². The molecule has 3 aliphatic rings. The highest BCUT2D eigenvalue weighted by molar-refractivity contribution is 5.34. The van der Waals surface area contributed by atoms with Gasteiger partial charge in [0.25, 0.3) is 0 Å². The van der Waals surface area contributed by atoms with E-state index >= 15 is 0 Å². The standard InChI is InChI=1S/C27H37F/c1-2-3-4-5-20-6-8-24-18-26(12-10-22(24)16-20)27-13-11-23-17-21(14-15-28)7-9-25(23)19-27/h2-3,6,8,14-16,21,23,25-27H,4-5,7,9-13,17-19H2,1H3/b3-2+,15-14?/t21-,23?,25+,26?,27?/m0/s1. The zero-order valence-electron chi connectivity index (χ0n) is 17.6. The van der Waals surface area contributed by atoms with Crippen LogP contribution in [0.1, 0.15) is 75.0 Å². The molecule has 1 heteroatoms. The summed E-state index contributed by atoms with van der Waals surface area (Å²) in [5, 5.41) is 0. The van der Waals surface area contributed by atoms with Gasteiger partial charge >= 0.3 is 0 Å². The second-order valence-electron chi connectivity index (χ2n) is 9.70. The van der Waals surface area contributed by atoms with E-state index in [2.05, 4.69) is 37.3 Å². The average Bonchev–Trinajstić information content (AvgIpc) is 2.73. The molecular formula is C27H37F. The van der Waals surface area contributed by atoms with Crippen LogP contribution in [0.4, 0.5) is 4.39 Å². The molecule has 1 aromatic carbocycles. The minimum Gasteiger partial charge on any atom is -0.216 e. The molecule has 0 saturated heterocycles. The molecule has 0 nitrogen and oxygen atoms in total. The molecule has 0 aromatic heterocycles. The lowest BCUT2D eigenvalue weighted by molar-refractivity contribution is 0.0809. The molecule has 0 spiro atoms. The van der Waals surface area contributed by atoms with E-state index < -0.39 is 0 Å². The quantitative estimate of drug-likeness (QED) is 0.461. The third-order valence-electron chi connectivity index (χ3n) is 8.08. The number of hydrogen-bond donors (Lipinski definition) is 0. The maximum atomic E-state index is 12.5. The topological polar surface area (TPSA) is 0 Å². The van der Waals surface area contributed by atoms with E-state index in [4.69, 9.17) is 0 Å². The van der Waals surface area contributed by atoms with Crippen molar-refractivity contribution in [2.45, 2.75) is 77.6 Å². The first-order valence-electron chi connectivity index (χ1n) is 11.8. The van der Waals surface area contributed by atoms with Gasteiger partial charge in [-0.25, -0.2) is 4.39 Å². The Hall–Kier alpha value is -1.37. The molecule has 2 fully saturated rings. The Morgan fingerprint density at radius 2 is 1.71 bits per heavy atom. The van der Waals surface area contributed by atoms with Crippen molar-refractivity contribution in [2.75, 3.05) is 0 Å². The molecule has 0 N–H and O–H groups in total. The number of halogens is 1. The van der Waals surface area contributed by atoms with Crippen molar-refractivity contribution in [1.29, 1.82) is 0 Å². The Kier molecular flexibility index (Phi) is 6.70. The maximum absolute atomic E-state index is 12.5. The first-order valence-corrected chi connectivity index (χ1v) is 11.8. The van der Waals surface area contributed by atoms with Gasteiger partial charge in [-0.1, -0.05) is 36.4 Å². The summed E-state index contributed by atoms with van der Waals surface area (Å²) in [5.74, 6) is 4.11. The van der Waals surface area contributed by atoms with Gasteiger partial charge in [0.2, 0.25) is 0 Å². The molecule has 3 unspecified atom stereocenters. The van der Waals surface area contributed by atoms with Crippen LogP contribution < -0.4 is 0 Å². The molecule has 5 atom stereocenters. The largest absolute Gasteiger partial charge is 0.216 e. The Morgan fingerprint density at radius 3 is 2.54 bits per heavy atom. The highest BCUT2D eigenvalue weighted by Crippen LogP contribution is 2.48. The van der Waals surface area contributed by atoms with Gasteiger partial charge in [0.05, 0.1) is 6.33 Å². The van der Waals surface area contributed by atoms with Gasteiger partial charge < -0.3 is 0 Å². The van der Waals surface area contributed by atoms with Crippen LogP contribution in [0.2, 0.25) is 0 Å². The normalized spacial score (nSPS) is 33.1. The monoisotopic (exact) mass is 380 g/mol. The highest BCUT2D eigenvalue weighted by Gasteiger charge is 2.38. The summed E-state index contributed by atoms with van der Waals surface area (Å²) in [5.41, 5.74) is 4.77. The summed E-state index contributed by atoms with van der Waals surface area (Å²) in [7, 11) is 0. The van der Waals surface area contributed by atoms with Crippen molar-refractivity contribution in [1.82, 2.24) is 0 Å². The molecule has 28 heavy (non-hydrogen) atoms. The average molecular weight is 381 g/mol. The number of allylic oxidation sites excluding steroid dienone is 3. The number of fused-ring (bicyclic) bond motifs is 2. The van der Waals surface area contributed by atoms with Crippen molar-refractivity contribution in [3.63, 3.8) is 0 Å². The van der Waals surface area contributed by atoms with Crippen molar-refractivity contribution in [2.24, 2.45) is 29.6 Å². The van der Waals surface area contributed by atoms with E-state index in [1.165, 1.54) is 69.8 Å². The Morgan fingerprint density at radius 1 is 0.929 bits per heavy atom. The first-order chi connectivity index (χ1) is 13.8. The smallest absolute Gasteiger partial charge is 0.0829 e. The fourth-order valence-corrected chi connectivity index (χ4v) is 6.48. The third-order valence-corrected chi connectivity index (χ3v) is 8.08. The molecule has 2 saturated carbocycles. The second kappa shape index (κ2) is 9.42. The van der Waals surface area contributed by atoms with Gasteiger partial charge in [-0.15, -0.1) is 0 Å². The van der Waals surface area contributed by atoms with Gasteiger partial charge in [0, 0.05) is 0 Å². The van der Waals surface area contributed by atoms with Crippen LogP contribution in [0.5, 0.6) is 0 Å². The fourth-order valence-electron chi connectivity index (χ4n) is 6.48. The molecule has 0 heterocycles. The maximum Gasteiger partial charge on any atom is 0.0829 e. The van der Waals surface area contributed by atoms with Gasteiger partial charge in [0.15, 0.2) is 0 Å². The lowest BCUT2D eigenvalue weighted by Crippen LogP contribution is -2.34. The van der Waals surface area contributed by atoms with E-state index in [0.717, 1.165) is 36.4 Å². The summed E-state index contributed by atoms with van der Waals surface area (Å²) in [4.78, 5) is 0. The van der Waals surface area contributed by atoms with Crippen LogP contribution in [0.15, 0.2) is 42.8 Å². The third kappa shape index (κ3) is 4.61. The molecule has 4 rings (SSSR count). The van der Waals surface area contributed by atoms with Crippen LogP contribution in [0.25, 0.3) is 0 Å². The van der Waals surface area contributed by atoms with Gasteiger partial charge in [-0.2, -0.15) is 0 Å². The van der Waals surface area contributed by atoms with Crippen LogP contribution in [0.3, 0.4) is 0 Å². The summed E-state index contributed by atoms with van der Waals surface area (Å²) < 4.78 is 12.5. The van der Waals surface area contributed by atoms with E-state index in [9.17, 15) is 4.39 Å². The zero-order chi connectivity index (χ0) is 19.3. The minimum absolute atomic E-state index is 0.506. The predicted molar refractivity (Wildman–Crippen MR) is 117 cm³/mol. The molecule has 0 amide bonds. The molecular weight excluding hydrogens is 343 g/mol. The predicted octanol–water partition coefficient (Wildman–Crippen LogP) is 7.62. The number of rotatable bonds is 5.